The number of amides is 2. The van der Waals surface area contributed by atoms with Crippen LogP contribution in [-0.4, -0.2) is 51.6 Å². The minimum atomic E-state index is -1.42. The van der Waals surface area contributed by atoms with Gasteiger partial charge < -0.3 is 24.3 Å². The van der Waals surface area contributed by atoms with Gasteiger partial charge in [0.1, 0.15) is 24.0 Å². The molecule has 0 radical (unpaired) electrons. The SMILES string of the molecule is COc1ccc(C[C@@H](NC(=O)OCc2ccccc2)C(=O)OCC[Si](C)(C)C)cc1NC(=O)OC(C)(C)C. The highest BCUT2D eigenvalue weighted by molar-refractivity contribution is 6.76. The van der Waals surface area contributed by atoms with Gasteiger partial charge in [-0.25, -0.2) is 14.4 Å². The van der Waals surface area contributed by atoms with Gasteiger partial charge in [0.15, 0.2) is 0 Å². The molecule has 9 nitrogen and oxygen atoms in total. The molecule has 2 aromatic carbocycles. The Labute approximate surface area is 226 Å². The van der Waals surface area contributed by atoms with Crippen molar-refractivity contribution in [2.45, 2.75) is 71.1 Å². The summed E-state index contributed by atoms with van der Waals surface area (Å²) in [5.41, 5.74) is 1.18. The first-order valence-corrected chi connectivity index (χ1v) is 16.3. The Bertz CT molecular complexity index is 1080. The van der Waals surface area contributed by atoms with E-state index in [-0.39, 0.29) is 19.6 Å². The topological polar surface area (TPSA) is 112 Å². The number of methoxy groups -OCH3 is 1. The smallest absolute Gasteiger partial charge is 0.412 e. The zero-order valence-electron chi connectivity index (χ0n) is 23.4. The van der Waals surface area contributed by atoms with Crippen molar-refractivity contribution in [2.24, 2.45) is 0 Å². The van der Waals surface area contributed by atoms with E-state index in [0.29, 0.717) is 17.0 Å². The van der Waals surface area contributed by atoms with Gasteiger partial charge in [-0.3, -0.25) is 5.32 Å². The fourth-order valence-electron chi connectivity index (χ4n) is 3.29. The number of anilines is 1. The van der Waals surface area contributed by atoms with Crippen molar-refractivity contribution in [3.63, 3.8) is 0 Å². The summed E-state index contributed by atoms with van der Waals surface area (Å²) in [7, 11) is 0.0631. The van der Waals surface area contributed by atoms with Gasteiger partial charge in [0.05, 0.1) is 19.4 Å². The van der Waals surface area contributed by atoms with Gasteiger partial charge in [-0.1, -0.05) is 56.0 Å². The maximum atomic E-state index is 13.0. The molecule has 2 aromatic rings. The molecule has 0 aliphatic rings. The Hall–Kier alpha value is -3.53. The lowest BCUT2D eigenvalue weighted by molar-refractivity contribution is -0.145. The number of benzene rings is 2. The molecule has 2 N–H and O–H groups in total. The molecule has 0 bridgehead atoms. The van der Waals surface area contributed by atoms with E-state index in [1.807, 2.05) is 30.3 Å². The second-order valence-electron chi connectivity index (χ2n) is 11.1. The van der Waals surface area contributed by atoms with Gasteiger partial charge in [-0.15, -0.1) is 0 Å². The van der Waals surface area contributed by atoms with Gasteiger partial charge in [0, 0.05) is 14.5 Å². The molecule has 38 heavy (non-hydrogen) atoms. The molecule has 0 saturated carbocycles. The summed E-state index contributed by atoms with van der Waals surface area (Å²) in [6, 6.07) is 14.1. The molecular formula is C28H40N2O7Si. The second-order valence-corrected chi connectivity index (χ2v) is 16.7. The summed E-state index contributed by atoms with van der Waals surface area (Å²) in [5.74, 6) is -0.138. The fraction of sp³-hybridized carbons (Fsp3) is 0.464. The summed E-state index contributed by atoms with van der Waals surface area (Å²) in [4.78, 5) is 37.9. The van der Waals surface area contributed by atoms with Crippen molar-refractivity contribution in [3.8, 4) is 5.75 Å². The van der Waals surface area contributed by atoms with Crippen LogP contribution in [0.2, 0.25) is 25.7 Å². The van der Waals surface area contributed by atoms with Crippen molar-refractivity contribution in [1.29, 1.82) is 0 Å². The second kappa shape index (κ2) is 13.9. The molecule has 0 aliphatic carbocycles. The number of rotatable bonds is 11. The third kappa shape index (κ3) is 11.7. The van der Waals surface area contributed by atoms with Crippen LogP contribution in [0.5, 0.6) is 5.75 Å². The average molecular weight is 545 g/mol. The highest BCUT2D eigenvalue weighted by Gasteiger charge is 2.25. The molecule has 0 saturated heterocycles. The molecular weight excluding hydrogens is 504 g/mol. The molecule has 0 fully saturated rings. The first-order chi connectivity index (χ1) is 17.8. The van der Waals surface area contributed by atoms with E-state index in [1.54, 1.807) is 39.0 Å². The standard InChI is InChI=1S/C28H40N2O7Si/c1-28(2,3)37-27(33)29-22-17-21(13-14-24(22)34-4)18-23(25(31)35-15-16-38(5,6)7)30-26(32)36-19-20-11-9-8-10-12-20/h8-14,17,23H,15-16,18-19H2,1-7H3,(H,29,33)(H,30,32)/t23-/m1/s1. The molecule has 208 valence electrons. The third-order valence-electron chi connectivity index (χ3n) is 5.23. The van der Waals surface area contributed by atoms with Crippen LogP contribution in [0.4, 0.5) is 15.3 Å². The number of carbonyl (C=O) groups excluding carboxylic acids is 3. The van der Waals surface area contributed by atoms with Gasteiger partial charge in [0.2, 0.25) is 0 Å². The molecule has 0 unspecified atom stereocenters. The van der Waals surface area contributed by atoms with Crippen molar-refractivity contribution < 1.29 is 33.3 Å². The van der Waals surface area contributed by atoms with Crippen LogP contribution in [0.25, 0.3) is 0 Å². The lowest BCUT2D eigenvalue weighted by Gasteiger charge is -2.21. The van der Waals surface area contributed by atoms with E-state index in [1.165, 1.54) is 7.11 Å². The Balaban J connectivity index is 2.17. The first-order valence-electron chi connectivity index (χ1n) is 12.6. The monoisotopic (exact) mass is 544 g/mol. The Morgan fingerprint density at radius 1 is 0.921 bits per heavy atom. The van der Waals surface area contributed by atoms with Gasteiger partial charge >= 0.3 is 18.2 Å². The van der Waals surface area contributed by atoms with E-state index in [0.717, 1.165) is 11.6 Å². The Kier molecular flexibility index (Phi) is 11.2. The zero-order chi connectivity index (χ0) is 28.3. The number of carbonyl (C=O) groups is 3. The summed E-state index contributed by atoms with van der Waals surface area (Å²) in [6.45, 7) is 12.2. The maximum Gasteiger partial charge on any atom is 0.412 e. The molecule has 1 atom stereocenters. The van der Waals surface area contributed by atoms with Gasteiger partial charge in [-0.05, 0) is 50.1 Å². The predicted octanol–water partition coefficient (Wildman–Crippen LogP) is 5.76. The van der Waals surface area contributed by atoms with E-state index >= 15 is 0 Å². The molecule has 0 aromatic heterocycles. The van der Waals surface area contributed by atoms with Crippen LogP contribution in [-0.2, 0) is 32.0 Å². The number of hydrogen-bond acceptors (Lipinski definition) is 7. The predicted molar refractivity (Wildman–Crippen MR) is 149 cm³/mol. The molecule has 0 heterocycles. The van der Waals surface area contributed by atoms with Gasteiger partial charge in [0.25, 0.3) is 0 Å². The normalized spacial score (nSPS) is 12.2. The first kappa shape index (κ1) is 30.7. The van der Waals surface area contributed by atoms with E-state index in [4.69, 9.17) is 18.9 Å². The van der Waals surface area contributed by atoms with Crippen molar-refractivity contribution >= 4 is 31.9 Å². The fourth-order valence-corrected chi connectivity index (χ4v) is 4.00. The van der Waals surface area contributed by atoms with Crippen molar-refractivity contribution in [2.75, 3.05) is 19.0 Å². The van der Waals surface area contributed by atoms with Crippen LogP contribution >= 0.6 is 0 Å². The van der Waals surface area contributed by atoms with Gasteiger partial charge in [-0.2, -0.15) is 0 Å². The highest BCUT2D eigenvalue weighted by atomic mass is 28.3. The zero-order valence-corrected chi connectivity index (χ0v) is 24.4. The molecule has 2 amide bonds. The number of esters is 1. The van der Waals surface area contributed by atoms with Crippen LogP contribution in [0.1, 0.15) is 31.9 Å². The minimum absolute atomic E-state index is 0.0660. The highest BCUT2D eigenvalue weighted by Crippen LogP contribution is 2.27. The van der Waals surface area contributed by atoms with Crippen molar-refractivity contribution in [1.82, 2.24) is 5.32 Å². The van der Waals surface area contributed by atoms with Crippen LogP contribution in [0, 0.1) is 0 Å². The molecule has 2 rings (SSSR count). The van der Waals surface area contributed by atoms with Crippen LogP contribution in [0.3, 0.4) is 0 Å². The number of nitrogens with one attached hydrogen (secondary N) is 2. The van der Waals surface area contributed by atoms with Crippen molar-refractivity contribution in [3.05, 3.63) is 59.7 Å². The summed E-state index contributed by atoms with van der Waals surface area (Å²) >= 11 is 0. The Morgan fingerprint density at radius 3 is 2.21 bits per heavy atom. The number of ether oxygens (including phenoxy) is 4. The van der Waals surface area contributed by atoms with E-state index in [9.17, 15) is 14.4 Å². The largest absolute Gasteiger partial charge is 0.495 e. The number of hydrogen-bond donors (Lipinski definition) is 2. The van der Waals surface area contributed by atoms with Crippen LogP contribution < -0.4 is 15.4 Å². The molecule has 0 spiro atoms. The van der Waals surface area contributed by atoms with Crippen LogP contribution in [0.15, 0.2) is 48.5 Å². The summed E-state index contributed by atoms with van der Waals surface area (Å²) in [5, 5.41) is 5.32. The lowest BCUT2D eigenvalue weighted by Crippen LogP contribution is -2.44. The molecule has 10 heteroatoms. The Morgan fingerprint density at radius 2 is 1.61 bits per heavy atom. The minimum Gasteiger partial charge on any atom is -0.495 e. The summed E-state index contributed by atoms with van der Waals surface area (Å²) in [6.07, 6.45) is -1.27. The maximum absolute atomic E-state index is 13.0. The number of alkyl carbamates (subject to hydrolysis) is 1. The lowest BCUT2D eigenvalue weighted by atomic mass is 10.0. The summed E-state index contributed by atoms with van der Waals surface area (Å²) < 4.78 is 21.5. The van der Waals surface area contributed by atoms with E-state index < -0.39 is 37.9 Å². The average Bonchev–Trinajstić information content (AvgIpc) is 2.81. The quantitative estimate of drug-likeness (QED) is 0.210. The molecule has 0 aliphatic heterocycles. The van der Waals surface area contributed by atoms with E-state index in [2.05, 4.69) is 30.3 Å². The third-order valence-corrected chi connectivity index (χ3v) is 6.93.